The Labute approximate surface area is 358 Å². The molecule has 0 saturated heterocycles. The number of para-hydroxylation sites is 4. The van der Waals surface area contributed by atoms with Gasteiger partial charge < -0.3 is 9.13 Å². The Bertz CT molecular complexity index is 3610. The van der Waals surface area contributed by atoms with Crippen LogP contribution >= 0.6 is 0 Å². The van der Waals surface area contributed by atoms with Crippen molar-refractivity contribution in [1.82, 2.24) is 24.1 Å². The Hall–Kier alpha value is -8.41. The van der Waals surface area contributed by atoms with Gasteiger partial charge in [0.05, 0.1) is 22.1 Å². The third-order valence-electron chi connectivity index (χ3n) is 11.9. The summed E-state index contributed by atoms with van der Waals surface area (Å²) in [6.45, 7) is 0. The van der Waals surface area contributed by atoms with Crippen molar-refractivity contribution >= 4 is 43.6 Å². The Morgan fingerprint density at radius 1 is 0.258 bits per heavy atom. The van der Waals surface area contributed by atoms with E-state index >= 15 is 0 Å². The highest BCUT2D eigenvalue weighted by Crippen LogP contribution is 2.41. The maximum Gasteiger partial charge on any atom is 0.164 e. The molecule has 0 amide bonds. The van der Waals surface area contributed by atoms with Crippen molar-refractivity contribution < 1.29 is 0 Å². The van der Waals surface area contributed by atoms with Gasteiger partial charge in [0.15, 0.2) is 17.5 Å². The summed E-state index contributed by atoms with van der Waals surface area (Å²) in [4.78, 5) is 15.8. The minimum atomic E-state index is 0.610. The molecule has 290 valence electrons. The molecule has 0 unspecified atom stereocenters. The highest BCUT2D eigenvalue weighted by Gasteiger charge is 2.20. The second-order valence-electron chi connectivity index (χ2n) is 15.6. The fourth-order valence-corrected chi connectivity index (χ4v) is 9.14. The lowest BCUT2D eigenvalue weighted by Crippen LogP contribution is -2.01. The number of fused-ring (bicyclic) bond motifs is 6. The average molecular weight is 792 g/mol. The van der Waals surface area contributed by atoms with E-state index in [-0.39, 0.29) is 0 Å². The van der Waals surface area contributed by atoms with Gasteiger partial charge in [-0.1, -0.05) is 146 Å². The molecule has 0 aliphatic carbocycles. The van der Waals surface area contributed by atoms with Gasteiger partial charge in [0, 0.05) is 49.6 Å². The molecule has 0 aliphatic heterocycles. The molecule has 0 bridgehead atoms. The van der Waals surface area contributed by atoms with Gasteiger partial charge in [-0.2, -0.15) is 0 Å². The molecule has 5 heteroatoms. The van der Waals surface area contributed by atoms with Gasteiger partial charge in [-0.15, -0.1) is 0 Å². The highest BCUT2D eigenvalue weighted by atomic mass is 15.0. The van der Waals surface area contributed by atoms with Crippen LogP contribution in [0.5, 0.6) is 0 Å². The molecular formula is C57H37N5. The Balaban J connectivity index is 1.09. The molecule has 62 heavy (non-hydrogen) atoms. The SMILES string of the molecule is c1ccc(-c2cc(-c3nc(-c4ccccc4)nc(-c4ccc5c(c4)c4ccccc4n5-c4ccccc4)n3)cc(-c3cccc4c3c3ccccc3n4-c3ccccc3)c2)cc1. The first-order valence-corrected chi connectivity index (χ1v) is 20.9. The molecule has 5 nitrogen and oxygen atoms in total. The van der Waals surface area contributed by atoms with Crippen LogP contribution in [0.15, 0.2) is 224 Å². The molecule has 0 aliphatic rings. The fraction of sp³-hybridized carbons (Fsp3) is 0. The maximum absolute atomic E-state index is 5.34. The summed E-state index contributed by atoms with van der Waals surface area (Å²) in [5.41, 5.74) is 14.0. The first kappa shape index (κ1) is 35.5. The zero-order chi connectivity index (χ0) is 41.0. The van der Waals surface area contributed by atoms with Crippen molar-refractivity contribution in [2.45, 2.75) is 0 Å². The van der Waals surface area contributed by atoms with Crippen molar-refractivity contribution in [3.05, 3.63) is 224 Å². The topological polar surface area (TPSA) is 48.5 Å². The van der Waals surface area contributed by atoms with Crippen molar-refractivity contribution in [2.75, 3.05) is 0 Å². The Morgan fingerprint density at radius 2 is 0.726 bits per heavy atom. The van der Waals surface area contributed by atoms with Gasteiger partial charge >= 0.3 is 0 Å². The zero-order valence-electron chi connectivity index (χ0n) is 33.6. The van der Waals surface area contributed by atoms with E-state index < -0.39 is 0 Å². The summed E-state index contributed by atoms with van der Waals surface area (Å²) < 4.78 is 4.70. The van der Waals surface area contributed by atoms with Crippen LogP contribution in [0.3, 0.4) is 0 Å². The first-order chi connectivity index (χ1) is 30.7. The molecule has 3 heterocycles. The molecule has 0 fully saturated rings. The molecule has 0 spiro atoms. The number of nitrogens with zero attached hydrogens (tertiary/aromatic N) is 5. The van der Waals surface area contributed by atoms with E-state index in [4.69, 9.17) is 15.0 Å². The van der Waals surface area contributed by atoms with Crippen LogP contribution < -0.4 is 0 Å². The van der Waals surface area contributed by atoms with Crippen molar-refractivity contribution in [2.24, 2.45) is 0 Å². The predicted molar refractivity (Wildman–Crippen MR) is 256 cm³/mol. The van der Waals surface area contributed by atoms with Crippen molar-refractivity contribution in [3.8, 4) is 67.8 Å². The van der Waals surface area contributed by atoms with Crippen LogP contribution in [0, 0.1) is 0 Å². The van der Waals surface area contributed by atoms with Crippen molar-refractivity contribution in [3.63, 3.8) is 0 Å². The largest absolute Gasteiger partial charge is 0.309 e. The maximum atomic E-state index is 5.34. The normalized spacial score (nSPS) is 11.5. The van der Waals surface area contributed by atoms with Crippen LogP contribution in [-0.2, 0) is 0 Å². The lowest BCUT2D eigenvalue weighted by molar-refractivity contribution is 1.07. The molecular weight excluding hydrogens is 755 g/mol. The summed E-state index contributed by atoms with van der Waals surface area (Å²) in [5, 5.41) is 4.72. The van der Waals surface area contributed by atoms with E-state index in [9.17, 15) is 0 Å². The summed E-state index contributed by atoms with van der Waals surface area (Å²) in [7, 11) is 0. The van der Waals surface area contributed by atoms with Crippen molar-refractivity contribution in [1.29, 1.82) is 0 Å². The van der Waals surface area contributed by atoms with Gasteiger partial charge in [0.2, 0.25) is 0 Å². The highest BCUT2D eigenvalue weighted by molar-refractivity contribution is 6.16. The molecule has 12 aromatic rings. The number of rotatable bonds is 7. The van der Waals surface area contributed by atoms with E-state index in [2.05, 4.69) is 215 Å². The predicted octanol–water partition coefficient (Wildman–Crippen LogP) is 14.4. The number of hydrogen-bond donors (Lipinski definition) is 0. The number of benzene rings is 9. The Kier molecular flexibility index (Phi) is 8.42. The Morgan fingerprint density at radius 3 is 1.40 bits per heavy atom. The quantitative estimate of drug-likeness (QED) is 0.162. The minimum Gasteiger partial charge on any atom is -0.309 e. The van der Waals surface area contributed by atoms with Crippen LogP contribution in [0.1, 0.15) is 0 Å². The summed E-state index contributed by atoms with van der Waals surface area (Å²) >= 11 is 0. The van der Waals surface area contributed by atoms with Crippen LogP contribution in [-0.4, -0.2) is 24.1 Å². The molecule has 0 saturated carbocycles. The lowest BCUT2D eigenvalue weighted by Gasteiger charge is -2.14. The minimum absolute atomic E-state index is 0.610. The van der Waals surface area contributed by atoms with E-state index in [1.54, 1.807) is 0 Å². The molecule has 0 atom stereocenters. The molecule has 9 aromatic carbocycles. The smallest absolute Gasteiger partial charge is 0.164 e. The molecule has 0 N–H and O–H groups in total. The van der Waals surface area contributed by atoms with Gasteiger partial charge in [0.25, 0.3) is 0 Å². The second kappa shape index (κ2) is 14.7. The lowest BCUT2D eigenvalue weighted by atomic mass is 9.93. The van der Waals surface area contributed by atoms with E-state index in [0.717, 1.165) is 72.3 Å². The summed E-state index contributed by atoms with van der Waals surface area (Å²) in [6, 6.07) is 79.2. The van der Waals surface area contributed by atoms with Crippen LogP contribution in [0.4, 0.5) is 0 Å². The zero-order valence-corrected chi connectivity index (χ0v) is 33.6. The molecule has 12 rings (SSSR count). The first-order valence-electron chi connectivity index (χ1n) is 20.9. The third kappa shape index (κ3) is 5.98. The monoisotopic (exact) mass is 791 g/mol. The van der Waals surface area contributed by atoms with Gasteiger partial charge in [-0.3, -0.25) is 0 Å². The summed E-state index contributed by atoms with van der Waals surface area (Å²) in [6.07, 6.45) is 0. The fourth-order valence-electron chi connectivity index (χ4n) is 9.14. The van der Waals surface area contributed by atoms with Gasteiger partial charge in [-0.05, 0) is 101 Å². The van der Waals surface area contributed by atoms with Crippen LogP contribution in [0.25, 0.3) is 111 Å². The molecule has 0 radical (unpaired) electrons. The summed E-state index contributed by atoms with van der Waals surface area (Å²) in [5.74, 6) is 1.85. The molecule has 3 aromatic heterocycles. The number of hydrogen-bond acceptors (Lipinski definition) is 3. The van der Waals surface area contributed by atoms with E-state index in [1.807, 2.05) is 18.2 Å². The standard InChI is InChI=1S/C57H37N5/c1-5-18-38(19-6-1)41-34-42(46-28-17-31-53-54(46)48-27-14-16-30-51(48)62(53)45-24-11-4-12-25-45)36-43(35-41)57-59-55(39-20-7-2-8-21-39)58-56(60-57)40-32-33-52-49(37-40)47-26-13-15-29-50(47)61(52)44-22-9-3-10-23-44/h1-37H. The van der Waals surface area contributed by atoms with Crippen LogP contribution in [0.2, 0.25) is 0 Å². The number of aromatic nitrogens is 5. The van der Waals surface area contributed by atoms with E-state index in [1.165, 1.54) is 21.7 Å². The second-order valence-corrected chi connectivity index (χ2v) is 15.6. The van der Waals surface area contributed by atoms with Gasteiger partial charge in [-0.25, -0.2) is 15.0 Å². The average Bonchev–Trinajstić information content (AvgIpc) is 3.87. The third-order valence-corrected chi connectivity index (χ3v) is 11.9. The van der Waals surface area contributed by atoms with Gasteiger partial charge in [0.1, 0.15) is 0 Å². The van der Waals surface area contributed by atoms with E-state index in [0.29, 0.717) is 17.5 Å².